The molecular weight excluding hydrogens is 503 g/mol. The first-order valence-corrected chi connectivity index (χ1v) is 11.6. The summed E-state index contributed by atoms with van der Waals surface area (Å²) in [4.78, 5) is 21.9. The lowest BCUT2D eigenvalue weighted by Crippen LogP contribution is -2.26. The number of amides is 1. The van der Waals surface area contributed by atoms with Crippen molar-refractivity contribution in [1.29, 1.82) is 0 Å². The van der Waals surface area contributed by atoms with Crippen molar-refractivity contribution in [1.82, 2.24) is 9.97 Å². The number of hydrogen-bond donors (Lipinski definition) is 3. The molecule has 1 aliphatic rings. The zero-order valence-corrected chi connectivity index (χ0v) is 20.8. The molecule has 12 heteroatoms. The molecule has 0 aliphatic carbocycles. The van der Waals surface area contributed by atoms with Gasteiger partial charge in [0.2, 0.25) is 5.95 Å². The minimum Gasteiger partial charge on any atom is -0.506 e. The van der Waals surface area contributed by atoms with Gasteiger partial charge in [0.05, 0.1) is 25.2 Å². The summed E-state index contributed by atoms with van der Waals surface area (Å²) < 4.78 is 24.9. The third-order valence-electron chi connectivity index (χ3n) is 5.33. The third kappa shape index (κ3) is 6.25. The van der Waals surface area contributed by atoms with Gasteiger partial charge in [0.15, 0.2) is 18.2 Å². The Hall–Kier alpha value is -4.38. The van der Waals surface area contributed by atoms with E-state index in [0.717, 1.165) is 11.8 Å². The molecule has 0 bridgehead atoms. The monoisotopic (exact) mass is 526 g/mol. The van der Waals surface area contributed by atoms with E-state index in [1.807, 2.05) is 25.1 Å². The highest BCUT2D eigenvalue weighted by Gasteiger charge is 2.17. The topological polar surface area (TPSA) is 121 Å². The first kappa shape index (κ1) is 25.7. The molecule has 3 N–H and O–H groups in total. The summed E-state index contributed by atoms with van der Waals surface area (Å²) >= 11 is 6.32. The standard InChI is InChI=1S/C25H24ClFN6O4/c1-15-5-3-4-6-19(15)30-20(34)14-37-23-16(2)11-17(22(35)21(23)26)12-29-32-25-28-13-18(27)24(31-25)33-7-9-36-10-8-33/h3-7,9,11-13,35H,8,10,14H2,1-2H3,(H,30,34)(H,28,31,32)/b29-12-. The average molecular weight is 527 g/mol. The van der Waals surface area contributed by atoms with Crippen LogP contribution in [0.1, 0.15) is 16.7 Å². The highest BCUT2D eigenvalue weighted by Crippen LogP contribution is 2.38. The lowest BCUT2D eigenvalue weighted by atomic mass is 10.1. The number of ether oxygens (including phenoxy) is 2. The molecule has 0 spiro atoms. The molecule has 1 aromatic heterocycles. The number of carbonyl (C=O) groups is 1. The number of aryl methyl sites for hydroxylation is 2. The van der Waals surface area contributed by atoms with Gasteiger partial charge in [-0.2, -0.15) is 10.1 Å². The van der Waals surface area contributed by atoms with E-state index in [4.69, 9.17) is 21.1 Å². The van der Waals surface area contributed by atoms with Gasteiger partial charge in [0, 0.05) is 17.5 Å². The van der Waals surface area contributed by atoms with Crippen LogP contribution < -0.4 is 20.4 Å². The number of nitrogens with zero attached hydrogens (tertiary/aromatic N) is 4. The molecule has 192 valence electrons. The van der Waals surface area contributed by atoms with Crippen molar-refractivity contribution in [2.24, 2.45) is 5.10 Å². The lowest BCUT2D eigenvalue weighted by molar-refractivity contribution is -0.118. The molecule has 1 aliphatic heterocycles. The molecule has 0 atom stereocenters. The van der Waals surface area contributed by atoms with E-state index in [0.29, 0.717) is 24.4 Å². The number of phenolic OH excluding ortho intramolecular Hbond substituents is 1. The van der Waals surface area contributed by atoms with Crippen LogP contribution in [0.15, 0.2) is 54.1 Å². The summed E-state index contributed by atoms with van der Waals surface area (Å²) in [5.74, 6) is -0.952. The molecule has 4 rings (SSSR count). The molecule has 37 heavy (non-hydrogen) atoms. The number of hydrogen-bond acceptors (Lipinski definition) is 9. The average Bonchev–Trinajstić information content (AvgIpc) is 2.89. The van der Waals surface area contributed by atoms with Gasteiger partial charge in [-0.3, -0.25) is 4.79 Å². The fraction of sp³-hybridized carbons (Fsp3) is 0.200. The Labute approximate surface area is 217 Å². The number of nitrogens with one attached hydrogen (secondary N) is 2. The second-order valence-electron chi connectivity index (χ2n) is 8.01. The second kappa shape index (κ2) is 11.6. The van der Waals surface area contributed by atoms with Gasteiger partial charge in [0.1, 0.15) is 23.1 Å². The van der Waals surface area contributed by atoms with Crippen LogP contribution in [0.2, 0.25) is 5.02 Å². The minimum atomic E-state index is -0.593. The molecule has 0 unspecified atom stereocenters. The summed E-state index contributed by atoms with van der Waals surface area (Å²) in [6, 6.07) is 8.96. The number of anilines is 3. The summed E-state index contributed by atoms with van der Waals surface area (Å²) in [7, 11) is 0. The highest BCUT2D eigenvalue weighted by molar-refractivity contribution is 6.34. The number of halogens is 2. The van der Waals surface area contributed by atoms with Crippen LogP contribution in [0.4, 0.5) is 21.8 Å². The van der Waals surface area contributed by atoms with Crippen molar-refractivity contribution < 1.29 is 23.8 Å². The van der Waals surface area contributed by atoms with E-state index in [-0.39, 0.29) is 46.4 Å². The Balaban J connectivity index is 1.42. The maximum absolute atomic E-state index is 14.2. The van der Waals surface area contributed by atoms with Gasteiger partial charge >= 0.3 is 0 Å². The van der Waals surface area contributed by atoms with Crippen molar-refractivity contribution in [2.45, 2.75) is 13.8 Å². The van der Waals surface area contributed by atoms with Gasteiger partial charge in [-0.25, -0.2) is 14.8 Å². The number of rotatable bonds is 8. The van der Waals surface area contributed by atoms with E-state index >= 15 is 0 Å². The number of benzene rings is 2. The van der Waals surface area contributed by atoms with E-state index < -0.39 is 5.82 Å². The van der Waals surface area contributed by atoms with Gasteiger partial charge in [-0.15, -0.1) is 0 Å². The van der Waals surface area contributed by atoms with Crippen LogP contribution in [0.25, 0.3) is 0 Å². The van der Waals surface area contributed by atoms with Crippen molar-refractivity contribution in [2.75, 3.05) is 35.4 Å². The second-order valence-corrected chi connectivity index (χ2v) is 8.39. The van der Waals surface area contributed by atoms with Crippen molar-refractivity contribution in [3.05, 3.63) is 76.5 Å². The molecule has 0 fully saturated rings. The number of aromatic hydroxyl groups is 1. The molecule has 2 heterocycles. The first-order valence-electron chi connectivity index (χ1n) is 11.2. The molecule has 0 saturated carbocycles. The SMILES string of the molecule is Cc1ccccc1NC(=O)COc1c(C)cc(/C=N\Nc2ncc(F)c(N3C=COCC3)n2)c(O)c1Cl. The molecule has 3 aromatic rings. The van der Waals surface area contributed by atoms with E-state index in [1.54, 1.807) is 30.2 Å². The first-order chi connectivity index (χ1) is 17.8. The minimum absolute atomic E-state index is 0.0504. The molecule has 1 amide bonds. The Morgan fingerprint density at radius 3 is 2.92 bits per heavy atom. The Bertz CT molecular complexity index is 1370. The zero-order valence-electron chi connectivity index (χ0n) is 20.0. The summed E-state index contributed by atoms with van der Waals surface area (Å²) in [6.45, 7) is 4.13. The molecule has 0 saturated heterocycles. The predicted molar refractivity (Wildman–Crippen MR) is 139 cm³/mol. The summed E-state index contributed by atoms with van der Waals surface area (Å²) in [5.41, 5.74) is 5.06. The maximum Gasteiger partial charge on any atom is 0.262 e. The third-order valence-corrected chi connectivity index (χ3v) is 5.68. The van der Waals surface area contributed by atoms with E-state index in [9.17, 15) is 14.3 Å². The Morgan fingerprint density at radius 2 is 2.16 bits per heavy atom. The zero-order chi connectivity index (χ0) is 26.4. The molecule has 10 nitrogen and oxygen atoms in total. The molecular formula is C25H24ClFN6O4. The van der Waals surface area contributed by atoms with E-state index in [1.165, 1.54) is 12.5 Å². The van der Waals surface area contributed by atoms with Gasteiger partial charge < -0.3 is 24.8 Å². The van der Waals surface area contributed by atoms with Crippen LogP contribution in [-0.4, -0.2) is 47.0 Å². The number of carbonyl (C=O) groups excluding carboxylic acids is 1. The van der Waals surface area contributed by atoms with Crippen LogP contribution in [-0.2, 0) is 9.53 Å². The highest BCUT2D eigenvalue weighted by atomic mass is 35.5. The van der Waals surface area contributed by atoms with Crippen LogP contribution in [0.3, 0.4) is 0 Å². The summed E-state index contributed by atoms with van der Waals surface area (Å²) in [6.07, 6.45) is 5.36. The van der Waals surface area contributed by atoms with Crippen LogP contribution in [0, 0.1) is 19.7 Å². The van der Waals surface area contributed by atoms with Crippen molar-refractivity contribution >= 4 is 41.2 Å². The number of phenols is 1. The maximum atomic E-state index is 14.2. The van der Waals surface area contributed by atoms with E-state index in [2.05, 4.69) is 25.8 Å². The molecule has 2 aromatic carbocycles. The van der Waals surface area contributed by atoms with Gasteiger partial charge in [-0.1, -0.05) is 29.8 Å². The predicted octanol–water partition coefficient (Wildman–Crippen LogP) is 4.36. The normalized spacial score (nSPS) is 12.9. The number of para-hydroxylation sites is 1. The van der Waals surface area contributed by atoms with Crippen LogP contribution in [0.5, 0.6) is 11.5 Å². The Morgan fingerprint density at radius 1 is 1.35 bits per heavy atom. The summed E-state index contributed by atoms with van der Waals surface area (Å²) in [5, 5.41) is 17.3. The lowest BCUT2D eigenvalue weighted by Gasteiger charge is -2.22. The van der Waals surface area contributed by atoms with Gasteiger partial charge in [-0.05, 0) is 37.1 Å². The fourth-order valence-electron chi connectivity index (χ4n) is 3.45. The smallest absolute Gasteiger partial charge is 0.262 e. The van der Waals surface area contributed by atoms with Crippen molar-refractivity contribution in [3.8, 4) is 11.5 Å². The quantitative estimate of drug-likeness (QED) is 0.292. The molecule has 0 radical (unpaired) electrons. The van der Waals surface area contributed by atoms with Crippen LogP contribution >= 0.6 is 11.6 Å². The van der Waals surface area contributed by atoms with Crippen molar-refractivity contribution in [3.63, 3.8) is 0 Å². The largest absolute Gasteiger partial charge is 0.506 e. The van der Waals surface area contributed by atoms with Gasteiger partial charge in [0.25, 0.3) is 5.91 Å². The number of aromatic nitrogens is 2. The Kier molecular flexibility index (Phi) is 8.04. The fourth-order valence-corrected chi connectivity index (χ4v) is 3.76. The number of hydrazone groups is 1.